The zero-order valence-electron chi connectivity index (χ0n) is 78.7. The smallest absolute Gasteiger partial charge is 0.416 e. The molecule has 3 aliphatic rings. The highest BCUT2D eigenvalue weighted by atomic mass is 79.9. The lowest BCUT2D eigenvalue weighted by molar-refractivity contribution is -0.144. The number of nitrogen functional groups attached to an aromatic ring is 1. The van der Waals surface area contributed by atoms with Gasteiger partial charge in [0.15, 0.2) is 0 Å². The van der Waals surface area contributed by atoms with Crippen LogP contribution in [-0.2, 0) is 70.9 Å². The van der Waals surface area contributed by atoms with Gasteiger partial charge in [-0.3, -0.25) is 5.41 Å². The molecular formula is C96H117BrF18N18O6. The van der Waals surface area contributed by atoms with Crippen LogP contribution in [0.5, 0.6) is 0 Å². The summed E-state index contributed by atoms with van der Waals surface area (Å²) < 4.78 is 264. The van der Waals surface area contributed by atoms with Crippen molar-refractivity contribution in [1.82, 2.24) is 64.8 Å². The Labute approximate surface area is 804 Å². The number of piperidine rings is 3. The fourth-order valence-corrected chi connectivity index (χ4v) is 16.9. The summed E-state index contributed by atoms with van der Waals surface area (Å²) in [7, 11) is 0. The lowest BCUT2D eigenvalue weighted by Crippen LogP contribution is -2.57. The van der Waals surface area contributed by atoms with Crippen LogP contribution in [0.2, 0.25) is 0 Å². The van der Waals surface area contributed by atoms with E-state index in [1.807, 2.05) is 102 Å². The van der Waals surface area contributed by atoms with Gasteiger partial charge in [0.1, 0.15) is 28.8 Å². The van der Waals surface area contributed by atoms with Crippen LogP contribution in [0.3, 0.4) is 0 Å². The molecule has 12 rings (SSSR count). The third-order valence-electron chi connectivity index (χ3n) is 23.0. The minimum atomic E-state index is -5.00. The Morgan fingerprint density at radius 1 is 0.388 bits per heavy atom. The first-order valence-corrected chi connectivity index (χ1v) is 45.5. The fraction of sp³-hybridized carbons (Fsp3) is 0.510. The van der Waals surface area contributed by atoms with Crippen LogP contribution in [0.15, 0.2) is 163 Å². The second-order valence-corrected chi connectivity index (χ2v) is 37.6. The third kappa shape index (κ3) is 31.7. The van der Waals surface area contributed by atoms with Gasteiger partial charge in [-0.15, -0.1) is 5.10 Å². The SMILES string of the molecule is C.CC[C@@H]1CC(N(Cc2cc(C(F)(F)F)cc(C(F)(F)F)c2)c2ncc(-n3cnnn3)cn2)C[C@H](CC)N1C(=O)OC(C)(C)C.CC[C@@H]1CC(N(Cc2cc(C(F)(F)F)cc(C(F)(F)F)c2)c2ncc(Br)cn2)C[C@H](CC)N1C(=O)OC(C)(C)C.CC[C@@H]1CC(N(Cc2cc(C(F)(F)F)cc(C(F)(F)F)c2)c2ncc(N)cn2)C[C@H](CC)N1C(=O)OC(C)(C)C.N=C(c1ccccc1)c1ccccc1. The Bertz CT molecular complexity index is 5090. The highest BCUT2D eigenvalue weighted by Gasteiger charge is 2.48. The molecule has 0 saturated carbocycles. The van der Waals surface area contributed by atoms with Gasteiger partial charge in [0.05, 0.1) is 74.0 Å². The Balaban J connectivity index is 0.000000237. The second-order valence-electron chi connectivity index (χ2n) is 36.7. The minimum absolute atomic E-state index is 0. The summed E-state index contributed by atoms with van der Waals surface area (Å²) in [4.78, 5) is 75.4. The van der Waals surface area contributed by atoms with Gasteiger partial charge >= 0.3 is 55.3 Å². The molecular weight excluding hydrogens is 1920 g/mol. The number of hydrogen-bond acceptors (Lipinski definition) is 20. The summed E-state index contributed by atoms with van der Waals surface area (Å²) in [6.07, 6.45) is -15.9. The van der Waals surface area contributed by atoms with E-state index in [4.69, 9.17) is 25.4 Å². The normalized spacial score (nSPS) is 18.9. The highest BCUT2D eigenvalue weighted by molar-refractivity contribution is 9.10. The predicted molar refractivity (Wildman–Crippen MR) is 492 cm³/mol. The molecule has 3 saturated heterocycles. The van der Waals surface area contributed by atoms with E-state index in [9.17, 15) is 93.4 Å². The molecule has 3 N–H and O–H groups in total. The number of alkyl halides is 18. The Kier molecular flexibility index (Phi) is 37.7. The molecule has 0 radical (unpaired) electrons. The van der Waals surface area contributed by atoms with Crippen molar-refractivity contribution in [3.05, 3.63) is 224 Å². The molecule has 0 bridgehead atoms. The van der Waals surface area contributed by atoms with Crippen LogP contribution in [0.4, 0.5) is 117 Å². The standard InChI is InChI=1S/C28H34F6N8O2.C27H33BrF6N4O2.C27H35F6N5O2.C13H11N.CH4/c1-6-20-11-22(12-21(7-2)42(20)25(43)44-26(3,4)5)40(24-35-13-23(14-36-24)41-16-37-38-39-41)15-17-8-18(27(29,30)31)10-19(9-17)28(32,33)34;1-6-20-11-22(12-21(7-2)38(20)24(39)40-25(3,4)5)37(23-35-13-19(28)14-36-23)15-16-8-17(26(29,30)31)10-18(9-16)27(32,33)34;1-6-20-11-22(12-21(7-2)38(20)24(39)40-25(3,4)5)37(23-35-13-19(34)14-36-23)15-16-8-17(26(28,29)30)10-18(9-16)27(31,32)33;14-13(11-7-3-1-4-8-11)12-9-5-2-6-10-12;/h8-10,13-14,16,20-22H,6-7,11-12,15H2,1-5H3;8-10,13-14,20-22H,6-7,11-12,15H2,1-5H3;8-10,13-14,20-22H,6-7,11-12,15,34H2,1-5H3;1-10,14H;1H4/t3*20-,21+,22?;;. The van der Waals surface area contributed by atoms with E-state index in [0.29, 0.717) is 117 Å². The summed E-state index contributed by atoms with van der Waals surface area (Å²) >= 11 is 3.26. The van der Waals surface area contributed by atoms with Crippen molar-refractivity contribution in [2.45, 2.75) is 316 Å². The summed E-state index contributed by atoms with van der Waals surface area (Å²) in [5.41, 5.74) is -2.24. The molecule has 3 aliphatic heterocycles. The monoisotopic (exact) mass is 2040 g/mol. The van der Waals surface area contributed by atoms with Crippen LogP contribution >= 0.6 is 15.9 Å². The average molecular weight is 2040 g/mol. The summed E-state index contributed by atoms with van der Waals surface area (Å²) in [5, 5.41) is 18.9. The van der Waals surface area contributed by atoms with Crippen LogP contribution in [0, 0.1) is 5.41 Å². The average Bonchev–Trinajstić information content (AvgIpc) is 1.29. The number of halogens is 19. The van der Waals surface area contributed by atoms with E-state index in [2.05, 4.69) is 61.4 Å². The number of aromatic nitrogens is 10. The molecule has 0 aliphatic carbocycles. The van der Waals surface area contributed by atoms with Gasteiger partial charge in [-0.2, -0.15) is 83.7 Å². The number of nitrogens with two attached hydrogens (primary N) is 1. The number of carbonyl (C=O) groups is 3. The quantitative estimate of drug-likeness (QED) is 0.0384. The van der Waals surface area contributed by atoms with E-state index in [0.717, 1.165) is 23.3 Å². The number of ether oxygens (including phenoxy) is 3. The van der Waals surface area contributed by atoms with Gasteiger partial charge in [-0.25, -0.2) is 44.3 Å². The van der Waals surface area contributed by atoms with Crippen molar-refractivity contribution in [3.63, 3.8) is 0 Å². The Morgan fingerprint density at radius 3 is 0.842 bits per heavy atom. The number of benzene rings is 5. The molecule has 5 aromatic carbocycles. The van der Waals surface area contributed by atoms with Gasteiger partial charge in [-0.05, 0) is 248 Å². The number of hydrogen-bond donors (Lipinski definition) is 2. The maximum absolute atomic E-state index is 13.7. The zero-order chi connectivity index (χ0) is 102. The molecule has 0 spiro atoms. The van der Waals surface area contributed by atoms with Crippen molar-refractivity contribution >= 4 is 63.5 Å². The van der Waals surface area contributed by atoms with E-state index >= 15 is 0 Å². The summed E-state index contributed by atoms with van der Waals surface area (Å²) in [5.74, 6) is 0.364. The number of amides is 3. The predicted octanol–water partition coefficient (Wildman–Crippen LogP) is 25.5. The van der Waals surface area contributed by atoms with Crippen LogP contribution in [-0.4, -0.2) is 160 Å². The number of nitrogens with one attached hydrogen (secondary N) is 1. The van der Waals surface area contributed by atoms with Crippen molar-refractivity contribution < 1.29 is 108 Å². The largest absolute Gasteiger partial charge is 0.444 e. The molecule has 9 atom stereocenters. The highest BCUT2D eigenvalue weighted by Crippen LogP contribution is 2.45. The molecule has 43 heteroatoms. The number of rotatable bonds is 21. The maximum Gasteiger partial charge on any atom is 0.416 e. The number of carbonyl (C=O) groups excluding carboxylic acids is 3. The number of nitrogens with zero attached hydrogens (tertiary/aromatic N) is 16. The van der Waals surface area contributed by atoms with E-state index in [-0.39, 0.29) is 128 Å². The first kappa shape index (κ1) is 113. The lowest BCUT2D eigenvalue weighted by Gasteiger charge is -2.48. The molecule has 9 aromatic rings. The summed E-state index contributed by atoms with van der Waals surface area (Å²) in [6.45, 7) is 26.4. The molecule has 4 aromatic heterocycles. The zero-order valence-corrected chi connectivity index (χ0v) is 80.3. The van der Waals surface area contributed by atoms with Gasteiger partial charge in [-0.1, -0.05) is 110 Å². The van der Waals surface area contributed by atoms with Gasteiger partial charge in [0.25, 0.3) is 0 Å². The molecule has 3 amide bonds. The van der Waals surface area contributed by atoms with Crippen molar-refractivity contribution in [3.8, 4) is 5.69 Å². The molecule has 3 unspecified atom stereocenters. The molecule has 3 fully saturated rings. The maximum atomic E-state index is 13.7. The number of likely N-dealkylation sites (tertiary alicyclic amines) is 3. The molecule has 139 heavy (non-hydrogen) atoms. The van der Waals surface area contributed by atoms with Crippen LogP contribution in [0.25, 0.3) is 5.69 Å². The summed E-state index contributed by atoms with van der Waals surface area (Å²) in [6, 6.07) is 21.2. The number of anilines is 4. The molecule has 24 nitrogen and oxygen atoms in total. The Morgan fingerprint density at radius 2 is 0.626 bits per heavy atom. The van der Waals surface area contributed by atoms with E-state index in [1.54, 1.807) is 91.7 Å². The lowest BCUT2D eigenvalue weighted by atomic mass is 9.87. The minimum Gasteiger partial charge on any atom is -0.444 e. The van der Waals surface area contributed by atoms with Crippen LogP contribution in [0.1, 0.15) is 250 Å². The van der Waals surface area contributed by atoms with E-state index < -0.39 is 118 Å². The first-order valence-electron chi connectivity index (χ1n) is 44.7. The van der Waals surface area contributed by atoms with Gasteiger partial charge in [0.2, 0.25) is 17.8 Å². The van der Waals surface area contributed by atoms with Gasteiger partial charge < -0.3 is 49.3 Å². The van der Waals surface area contributed by atoms with Crippen LogP contribution < -0.4 is 20.4 Å². The topological polar surface area (TPSA) is 269 Å². The van der Waals surface area contributed by atoms with Crippen molar-refractivity contribution in [2.75, 3.05) is 20.4 Å². The molecule has 760 valence electrons. The number of tetrazole rings is 1. The van der Waals surface area contributed by atoms with Crippen molar-refractivity contribution in [2.24, 2.45) is 0 Å². The fourth-order valence-electron chi connectivity index (χ4n) is 16.7. The van der Waals surface area contributed by atoms with Crippen molar-refractivity contribution in [1.29, 1.82) is 5.41 Å². The van der Waals surface area contributed by atoms with Gasteiger partial charge in [0, 0.05) is 86.4 Å². The first-order chi connectivity index (χ1) is 64.2. The third-order valence-corrected chi connectivity index (χ3v) is 23.4. The van der Waals surface area contributed by atoms with E-state index in [1.165, 1.54) is 48.2 Å². The second kappa shape index (κ2) is 46.6. The molecule has 7 heterocycles. The Hall–Kier alpha value is -11.7.